The zero-order valence-corrected chi connectivity index (χ0v) is 7.84. The minimum absolute atomic E-state index is 0.207. The van der Waals surface area contributed by atoms with Crippen molar-refractivity contribution in [2.75, 3.05) is 6.54 Å². The summed E-state index contributed by atoms with van der Waals surface area (Å²) < 4.78 is 0. The fraction of sp³-hybridized carbons (Fsp3) is 0.111. The summed E-state index contributed by atoms with van der Waals surface area (Å²) in [5.74, 6) is -0.735. The molecule has 1 aromatic heterocycles. The van der Waals surface area contributed by atoms with E-state index in [4.69, 9.17) is 0 Å². The first-order chi connectivity index (χ1) is 7.15. The molecule has 78 valence electrons. The average molecular weight is 207 g/mol. The SMILES string of the molecule is C=CCNC(=O)c1ccnc([N+](=O)[O-])c1. The Morgan fingerprint density at radius 2 is 2.47 bits per heavy atom. The van der Waals surface area contributed by atoms with Gasteiger partial charge in [-0.3, -0.25) is 4.79 Å². The number of carbonyl (C=O) groups excluding carboxylic acids is 1. The van der Waals surface area contributed by atoms with Crippen molar-refractivity contribution < 1.29 is 9.72 Å². The molecule has 0 aliphatic heterocycles. The Balaban J connectivity index is 2.85. The monoisotopic (exact) mass is 207 g/mol. The maximum atomic E-state index is 11.4. The number of pyridine rings is 1. The summed E-state index contributed by atoms with van der Waals surface area (Å²) in [5, 5.41) is 12.9. The number of rotatable bonds is 4. The minimum atomic E-state index is -0.649. The molecule has 1 amide bonds. The van der Waals surface area contributed by atoms with Gasteiger partial charge >= 0.3 is 5.82 Å². The van der Waals surface area contributed by atoms with Gasteiger partial charge in [0, 0.05) is 12.6 Å². The molecule has 15 heavy (non-hydrogen) atoms. The van der Waals surface area contributed by atoms with Crippen LogP contribution in [0.4, 0.5) is 5.82 Å². The molecule has 0 bridgehead atoms. The molecule has 0 saturated heterocycles. The summed E-state index contributed by atoms with van der Waals surface area (Å²) >= 11 is 0. The number of nitrogens with zero attached hydrogens (tertiary/aromatic N) is 2. The zero-order chi connectivity index (χ0) is 11.3. The average Bonchev–Trinajstić information content (AvgIpc) is 2.26. The number of nitro groups is 1. The predicted molar refractivity (Wildman–Crippen MR) is 53.4 cm³/mol. The number of hydrogen-bond donors (Lipinski definition) is 1. The van der Waals surface area contributed by atoms with Gasteiger partial charge in [-0.25, -0.2) is 0 Å². The summed E-state index contributed by atoms with van der Waals surface area (Å²) in [6.07, 6.45) is 2.74. The van der Waals surface area contributed by atoms with Gasteiger partial charge in [-0.2, -0.15) is 0 Å². The number of aromatic nitrogens is 1. The van der Waals surface area contributed by atoms with Crippen molar-refractivity contribution in [1.82, 2.24) is 10.3 Å². The highest BCUT2D eigenvalue weighted by Crippen LogP contribution is 2.08. The largest absolute Gasteiger partial charge is 0.364 e. The second-order valence-corrected chi connectivity index (χ2v) is 2.66. The first-order valence-corrected chi connectivity index (χ1v) is 4.14. The van der Waals surface area contributed by atoms with Crippen LogP contribution in [0.5, 0.6) is 0 Å². The van der Waals surface area contributed by atoms with Crippen molar-refractivity contribution >= 4 is 11.7 Å². The van der Waals surface area contributed by atoms with Gasteiger partial charge in [-0.05, 0) is 16.0 Å². The van der Waals surface area contributed by atoms with Gasteiger partial charge < -0.3 is 15.4 Å². The van der Waals surface area contributed by atoms with E-state index < -0.39 is 4.92 Å². The highest BCUT2D eigenvalue weighted by atomic mass is 16.6. The Kier molecular flexibility index (Phi) is 3.50. The van der Waals surface area contributed by atoms with E-state index in [1.807, 2.05) is 0 Å². The van der Waals surface area contributed by atoms with Gasteiger partial charge in [0.2, 0.25) is 0 Å². The van der Waals surface area contributed by atoms with Crippen LogP contribution in [0.1, 0.15) is 10.4 Å². The molecule has 0 aliphatic rings. The van der Waals surface area contributed by atoms with Gasteiger partial charge in [0.25, 0.3) is 5.91 Å². The lowest BCUT2D eigenvalue weighted by Crippen LogP contribution is -2.23. The third kappa shape index (κ3) is 2.87. The molecule has 1 N–H and O–H groups in total. The molecule has 1 rings (SSSR count). The van der Waals surface area contributed by atoms with E-state index >= 15 is 0 Å². The number of nitrogens with one attached hydrogen (secondary N) is 1. The topological polar surface area (TPSA) is 85.1 Å². The fourth-order valence-corrected chi connectivity index (χ4v) is 0.926. The van der Waals surface area contributed by atoms with E-state index in [-0.39, 0.29) is 17.3 Å². The maximum Gasteiger partial charge on any atom is 0.364 e. The smallest absolute Gasteiger partial charge is 0.358 e. The Morgan fingerprint density at radius 3 is 3.07 bits per heavy atom. The van der Waals surface area contributed by atoms with Crippen LogP contribution >= 0.6 is 0 Å². The third-order valence-electron chi connectivity index (χ3n) is 1.60. The van der Waals surface area contributed by atoms with Gasteiger partial charge in [-0.1, -0.05) is 6.08 Å². The van der Waals surface area contributed by atoms with Gasteiger partial charge in [0.1, 0.15) is 6.20 Å². The maximum absolute atomic E-state index is 11.4. The molecule has 1 heterocycles. The summed E-state index contributed by atoms with van der Waals surface area (Å²) in [5.41, 5.74) is 0.207. The van der Waals surface area contributed by atoms with Crippen LogP contribution in [0.2, 0.25) is 0 Å². The van der Waals surface area contributed by atoms with Gasteiger partial charge in [0.05, 0.1) is 5.56 Å². The second-order valence-electron chi connectivity index (χ2n) is 2.66. The van der Waals surface area contributed by atoms with Crippen LogP contribution in [-0.2, 0) is 0 Å². The van der Waals surface area contributed by atoms with Crippen molar-refractivity contribution in [2.45, 2.75) is 0 Å². The standard InChI is InChI=1S/C9H9N3O3/c1-2-4-11-9(13)7-3-5-10-8(6-7)12(14)15/h2-3,5-6H,1,4H2,(H,11,13). The number of carbonyl (C=O) groups is 1. The lowest BCUT2D eigenvalue weighted by molar-refractivity contribution is -0.389. The van der Waals surface area contributed by atoms with Crippen LogP contribution in [-0.4, -0.2) is 22.4 Å². The molecule has 1 aromatic rings. The third-order valence-corrected chi connectivity index (χ3v) is 1.60. The van der Waals surface area contributed by atoms with Crippen molar-refractivity contribution in [1.29, 1.82) is 0 Å². The van der Waals surface area contributed by atoms with Crippen molar-refractivity contribution in [3.63, 3.8) is 0 Å². The van der Waals surface area contributed by atoms with Crippen LogP contribution in [0.3, 0.4) is 0 Å². The molecule has 6 heteroatoms. The van der Waals surface area contributed by atoms with Crippen LogP contribution in [0.15, 0.2) is 31.0 Å². The molecule has 0 fully saturated rings. The molecule has 0 atom stereocenters. The highest BCUT2D eigenvalue weighted by Gasteiger charge is 2.11. The van der Waals surface area contributed by atoms with E-state index in [2.05, 4.69) is 16.9 Å². The van der Waals surface area contributed by atoms with E-state index in [9.17, 15) is 14.9 Å². The highest BCUT2D eigenvalue weighted by molar-refractivity contribution is 5.94. The summed E-state index contributed by atoms with van der Waals surface area (Å²) in [6, 6.07) is 2.53. The number of hydrogen-bond acceptors (Lipinski definition) is 4. The molecule has 0 saturated carbocycles. The Hall–Kier alpha value is -2.24. The molecule has 0 unspecified atom stereocenters. The van der Waals surface area contributed by atoms with E-state index in [1.165, 1.54) is 18.3 Å². The predicted octanol–water partition coefficient (Wildman–Crippen LogP) is 0.906. The Bertz CT molecular complexity index is 403. The Labute approximate surface area is 85.8 Å². The lowest BCUT2D eigenvalue weighted by Gasteiger charge is -2.00. The molecular weight excluding hydrogens is 198 g/mol. The van der Waals surface area contributed by atoms with Crippen molar-refractivity contribution in [3.8, 4) is 0 Å². The van der Waals surface area contributed by atoms with E-state index in [0.29, 0.717) is 6.54 Å². The molecule has 6 nitrogen and oxygen atoms in total. The van der Waals surface area contributed by atoms with Crippen LogP contribution in [0.25, 0.3) is 0 Å². The van der Waals surface area contributed by atoms with Crippen molar-refractivity contribution in [3.05, 3.63) is 46.7 Å². The summed E-state index contributed by atoms with van der Waals surface area (Å²) in [6.45, 7) is 3.75. The summed E-state index contributed by atoms with van der Waals surface area (Å²) in [4.78, 5) is 24.6. The molecular formula is C9H9N3O3. The summed E-state index contributed by atoms with van der Waals surface area (Å²) in [7, 11) is 0. The first-order valence-electron chi connectivity index (χ1n) is 4.14. The molecule has 0 radical (unpaired) electrons. The quantitative estimate of drug-likeness (QED) is 0.451. The lowest BCUT2D eigenvalue weighted by atomic mass is 10.2. The van der Waals surface area contributed by atoms with E-state index in [1.54, 1.807) is 0 Å². The first kappa shape index (κ1) is 10.8. The van der Waals surface area contributed by atoms with Crippen LogP contribution in [0, 0.1) is 10.1 Å². The minimum Gasteiger partial charge on any atom is -0.358 e. The molecule has 0 aromatic carbocycles. The molecule has 0 aliphatic carbocycles. The zero-order valence-electron chi connectivity index (χ0n) is 7.84. The Morgan fingerprint density at radius 1 is 1.73 bits per heavy atom. The van der Waals surface area contributed by atoms with Crippen LogP contribution < -0.4 is 5.32 Å². The normalized spacial score (nSPS) is 9.33. The van der Waals surface area contributed by atoms with Gasteiger partial charge in [-0.15, -0.1) is 6.58 Å². The number of amides is 1. The van der Waals surface area contributed by atoms with E-state index in [0.717, 1.165) is 6.07 Å². The fourth-order valence-electron chi connectivity index (χ4n) is 0.926. The second kappa shape index (κ2) is 4.85. The van der Waals surface area contributed by atoms with Gasteiger partial charge in [0.15, 0.2) is 0 Å². The van der Waals surface area contributed by atoms with Crippen molar-refractivity contribution in [2.24, 2.45) is 0 Å². The molecule has 0 spiro atoms.